The van der Waals surface area contributed by atoms with Crippen molar-refractivity contribution in [1.82, 2.24) is 5.32 Å². The maximum Gasteiger partial charge on any atom is 0.193 e. The molecule has 1 atom stereocenters. The normalized spacial score (nSPS) is 17.9. The van der Waals surface area contributed by atoms with Crippen molar-refractivity contribution in [3.8, 4) is 0 Å². The van der Waals surface area contributed by atoms with Gasteiger partial charge in [-0.1, -0.05) is 42.5 Å². The summed E-state index contributed by atoms with van der Waals surface area (Å²) >= 11 is 0. The van der Waals surface area contributed by atoms with Gasteiger partial charge in [-0.05, 0) is 17.2 Å². The fourth-order valence-corrected chi connectivity index (χ4v) is 3.12. The third-order valence-corrected chi connectivity index (χ3v) is 4.34. The second-order valence-electron chi connectivity index (χ2n) is 6.03. The minimum Gasteiger partial charge on any atom is -0.458 e. The van der Waals surface area contributed by atoms with Crippen LogP contribution in [0.25, 0.3) is 11.0 Å². The van der Waals surface area contributed by atoms with E-state index < -0.39 is 0 Å². The van der Waals surface area contributed by atoms with Gasteiger partial charge in [-0.25, -0.2) is 0 Å². The molecule has 4 heteroatoms. The van der Waals surface area contributed by atoms with E-state index in [0.29, 0.717) is 29.9 Å². The zero-order valence-corrected chi connectivity index (χ0v) is 13.3. The maximum atomic E-state index is 12.5. The molecule has 0 bridgehead atoms. The van der Waals surface area contributed by atoms with Crippen molar-refractivity contribution in [2.24, 2.45) is 0 Å². The Bertz CT molecular complexity index is 896. The molecular weight excluding hydrogens is 302 g/mol. The van der Waals surface area contributed by atoms with Gasteiger partial charge in [-0.3, -0.25) is 4.79 Å². The highest BCUT2D eigenvalue weighted by Crippen LogP contribution is 2.25. The van der Waals surface area contributed by atoms with Gasteiger partial charge in [-0.2, -0.15) is 0 Å². The summed E-state index contributed by atoms with van der Waals surface area (Å²) in [7, 11) is 0. The average molecular weight is 321 g/mol. The molecule has 0 radical (unpaired) electrons. The molecule has 4 nitrogen and oxygen atoms in total. The molecule has 1 unspecified atom stereocenters. The van der Waals surface area contributed by atoms with E-state index in [1.807, 2.05) is 36.4 Å². The highest BCUT2D eigenvalue weighted by Gasteiger charge is 2.20. The smallest absolute Gasteiger partial charge is 0.193 e. The van der Waals surface area contributed by atoms with E-state index in [9.17, 15) is 4.79 Å². The molecular formula is C20H19NO3. The van der Waals surface area contributed by atoms with Crippen molar-refractivity contribution in [3.05, 3.63) is 81.7 Å². The van der Waals surface area contributed by atoms with E-state index >= 15 is 0 Å². The molecule has 1 fully saturated rings. The number of hydrogen-bond acceptors (Lipinski definition) is 4. The lowest BCUT2D eigenvalue weighted by molar-refractivity contribution is 0.0144. The number of benzene rings is 2. The molecule has 2 aromatic carbocycles. The van der Waals surface area contributed by atoms with Crippen LogP contribution in [0.4, 0.5) is 0 Å². The molecule has 0 aliphatic carbocycles. The van der Waals surface area contributed by atoms with Gasteiger partial charge in [0.15, 0.2) is 5.43 Å². The van der Waals surface area contributed by atoms with Crippen molar-refractivity contribution in [1.29, 1.82) is 0 Å². The molecule has 2 heterocycles. The molecule has 1 N–H and O–H groups in total. The Labute approximate surface area is 140 Å². The third kappa shape index (κ3) is 2.98. The van der Waals surface area contributed by atoms with Gasteiger partial charge in [-0.15, -0.1) is 0 Å². The van der Waals surface area contributed by atoms with Gasteiger partial charge in [0.25, 0.3) is 0 Å². The van der Waals surface area contributed by atoms with Crippen LogP contribution in [-0.4, -0.2) is 19.7 Å². The topological polar surface area (TPSA) is 51.5 Å². The van der Waals surface area contributed by atoms with Gasteiger partial charge in [0.1, 0.15) is 17.4 Å². The van der Waals surface area contributed by atoms with Gasteiger partial charge in [0, 0.05) is 25.6 Å². The summed E-state index contributed by atoms with van der Waals surface area (Å²) in [6, 6.07) is 17.5. The predicted octanol–water partition coefficient (Wildman–Crippen LogP) is 3.04. The fraction of sp³-hybridized carbons (Fsp3) is 0.250. The SMILES string of the molecule is O=c1cc(C2CNCCO2)oc2c(Cc3ccccc3)cccc12. The van der Waals surface area contributed by atoms with Crippen molar-refractivity contribution >= 4 is 11.0 Å². The number of fused-ring (bicyclic) bond motifs is 1. The van der Waals surface area contributed by atoms with Gasteiger partial charge in [0.2, 0.25) is 0 Å². The van der Waals surface area contributed by atoms with Gasteiger partial charge < -0.3 is 14.5 Å². The summed E-state index contributed by atoms with van der Waals surface area (Å²) in [5.41, 5.74) is 2.85. The summed E-state index contributed by atoms with van der Waals surface area (Å²) in [6.07, 6.45) is 0.523. The largest absolute Gasteiger partial charge is 0.458 e. The Balaban J connectivity index is 1.79. The second-order valence-corrected chi connectivity index (χ2v) is 6.03. The van der Waals surface area contributed by atoms with Crippen LogP contribution in [0.3, 0.4) is 0 Å². The fourth-order valence-electron chi connectivity index (χ4n) is 3.12. The van der Waals surface area contributed by atoms with Crippen molar-refractivity contribution in [3.63, 3.8) is 0 Å². The monoisotopic (exact) mass is 321 g/mol. The highest BCUT2D eigenvalue weighted by molar-refractivity contribution is 5.80. The van der Waals surface area contributed by atoms with E-state index in [1.54, 1.807) is 6.07 Å². The van der Waals surface area contributed by atoms with Crippen molar-refractivity contribution in [2.45, 2.75) is 12.5 Å². The zero-order chi connectivity index (χ0) is 16.4. The first-order valence-electron chi connectivity index (χ1n) is 8.23. The first-order chi connectivity index (χ1) is 11.8. The van der Waals surface area contributed by atoms with E-state index in [4.69, 9.17) is 9.15 Å². The molecule has 1 saturated heterocycles. The summed E-state index contributed by atoms with van der Waals surface area (Å²) < 4.78 is 11.9. The van der Waals surface area contributed by atoms with Crippen LogP contribution in [0, 0.1) is 0 Å². The van der Waals surface area contributed by atoms with Crippen molar-refractivity contribution < 1.29 is 9.15 Å². The first kappa shape index (κ1) is 15.1. The average Bonchev–Trinajstić information content (AvgIpc) is 2.64. The predicted molar refractivity (Wildman–Crippen MR) is 93.3 cm³/mol. The lowest BCUT2D eigenvalue weighted by Gasteiger charge is -2.23. The molecule has 122 valence electrons. The van der Waals surface area contributed by atoms with Crippen LogP contribution in [0.15, 0.2) is 63.8 Å². The minimum absolute atomic E-state index is 0.0182. The second kappa shape index (κ2) is 6.59. The van der Waals surface area contributed by atoms with Crippen LogP contribution >= 0.6 is 0 Å². The highest BCUT2D eigenvalue weighted by atomic mass is 16.5. The summed E-state index contributed by atoms with van der Waals surface area (Å²) in [5, 5.41) is 3.89. The quantitative estimate of drug-likeness (QED) is 0.805. The lowest BCUT2D eigenvalue weighted by Crippen LogP contribution is -2.33. The Hall–Kier alpha value is -2.43. The maximum absolute atomic E-state index is 12.5. The number of rotatable bonds is 3. The van der Waals surface area contributed by atoms with E-state index in [1.165, 1.54) is 5.56 Å². The summed E-state index contributed by atoms with van der Waals surface area (Å²) in [6.45, 7) is 2.11. The third-order valence-electron chi connectivity index (χ3n) is 4.34. The summed E-state index contributed by atoms with van der Waals surface area (Å²) in [5.74, 6) is 0.597. The number of hydrogen-bond donors (Lipinski definition) is 1. The minimum atomic E-state index is -0.208. The molecule has 0 spiro atoms. The zero-order valence-electron chi connectivity index (χ0n) is 13.3. The first-order valence-corrected chi connectivity index (χ1v) is 8.23. The molecule has 4 rings (SSSR count). The molecule has 0 saturated carbocycles. The molecule has 1 aliphatic heterocycles. The molecule has 1 aliphatic rings. The van der Waals surface area contributed by atoms with E-state index in [0.717, 1.165) is 18.5 Å². The van der Waals surface area contributed by atoms with Gasteiger partial charge in [0.05, 0.1) is 12.0 Å². The van der Waals surface area contributed by atoms with E-state index in [2.05, 4.69) is 17.4 Å². The van der Waals surface area contributed by atoms with Gasteiger partial charge >= 0.3 is 0 Å². The Kier molecular flexibility index (Phi) is 4.15. The number of morpholine rings is 1. The molecule has 1 aromatic heterocycles. The Morgan fingerprint density at radius 2 is 1.96 bits per heavy atom. The number of para-hydroxylation sites is 1. The molecule has 0 amide bonds. The van der Waals surface area contributed by atoms with Crippen molar-refractivity contribution in [2.75, 3.05) is 19.7 Å². The standard InChI is InChI=1S/C20H19NO3/c22-17-12-18(19-13-21-9-10-23-19)24-20-15(7-4-8-16(17)20)11-14-5-2-1-3-6-14/h1-8,12,19,21H,9-11,13H2. The number of nitrogens with one attached hydrogen (secondary N) is 1. The Morgan fingerprint density at radius 3 is 2.75 bits per heavy atom. The van der Waals surface area contributed by atoms with Crippen LogP contribution in [-0.2, 0) is 11.2 Å². The van der Waals surface area contributed by atoms with E-state index in [-0.39, 0.29) is 11.5 Å². The molecule has 3 aromatic rings. The van der Waals surface area contributed by atoms with Crippen LogP contribution in [0.1, 0.15) is 23.0 Å². The van der Waals surface area contributed by atoms with Crippen LogP contribution < -0.4 is 10.7 Å². The summed E-state index contributed by atoms with van der Waals surface area (Å²) in [4.78, 5) is 12.5. The lowest BCUT2D eigenvalue weighted by atomic mass is 10.0. The Morgan fingerprint density at radius 1 is 1.08 bits per heavy atom. The number of ether oxygens (including phenoxy) is 1. The molecule has 24 heavy (non-hydrogen) atoms. The van der Waals surface area contributed by atoms with Crippen LogP contribution in [0.2, 0.25) is 0 Å². The van der Waals surface area contributed by atoms with Crippen LogP contribution in [0.5, 0.6) is 0 Å².